The normalized spacial score (nSPS) is 12.9. The summed E-state index contributed by atoms with van der Waals surface area (Å²) in [6.45, 7) is 1.80. The number of primary amides is 1. The van der Waals surface area contributed by atoms with E-state index in [1.165, 1.54) is 0 Å². The minimum atomic E-state index is -0.324. The molecular weight excluding hydrogens is 256 g/mol. The number of hydrogen-bond acceptors (Lipinski definition) is 1. The third-order valence-electron chi connectivity index (χ3n) is 2.51. The van der Waals surface area contributed by atoms with Gasteiger partial charge < -0.3 is 10.3 Å². The van der Waals surface area contributed by atoms with E-state index in [4.69, 9.17) is 5.73 Å². The molecule has 3 nitrogen and oxygen atoms in total. The molecule has 1 atom stereocenters. The van der Waals surface area contributed by atoms with Crippen molar-refractivity contribution in [2.75, 3.05) is 0 Å². The summed E-state index contributed by atoms with van der Waals surface area (Å²) in [5, 5.41) is 1.09. The molecule has 0 spiro atoms. The van der Waals surface area contributed by atoms with Gasteiger partial charge in [0.1, 0.15) is 6.04 Å². The van der Waals surface area contributed by atoms with Gasteiger partial charge in [0.05, 0.1) is 0 Å². The number of carbonyl (C=O) groups excluding carboxylic acids is 1. The van der Waals surface area contributed by atoms with E-state index in [-0.39, 0.29) is 11.9 Å². The SMILES string of the molecule is CC(C(N)=O)n1ccc2cc(Br)ccc21. The van der Waals surface area contributed by atoms with Gasteiger partial charge in [0.15, 0.2) is 0 Å². The maximum Gasteiger partial charge on any atom is 0.240 e. The number of nitrogens with zero attached hydrogens (tertiary/aromatic N) is 1. The van der Waals surface area contributed by atoms with E-state index < -0.39 is 0 Å². The molecule has 78 valence electrons. The van der Waals surface area contributed by atoms with Crippen LogP contribution in [0.2, 0.25) is 0 Å². The van der Waals surface area contributed by atoms with Crippen LogP contribution in [0.3, 0.4) is 0 Å². The number of amides is 1. The van der Waals surface area contributed by atoms with Gasteiger partial charge in [-0.2, -0.15) is 0 Å². The Morgan fingerprint density at radius 2 is 2.20 bits per heavy atom. The molecule has 2 aromatic rings. The monoisotopic (exact) mass is 266 g/mol. The second-order valence-electron chi connectivity index (χ2n) is 3.50. The first-order valence-electron chi connectivity index (χ1n) is 4.65. The molecular formula is C11H11BrN2O. The number of nitrogens with two attached hydrogens (primary N) is 1. The minimum absolute atomic E-state index is 0.316. The highest BCUT2D eigenvalue weighted by molar-refractivity contribution is 9.10. The van der Waals surface area contributed by atoms with E-state index in [0.29, 0.717) is 0 Å². The van der Waals surface area contributed by atoms with Gasteiger partial charge in [0.25, 0.3) is 0 Å². The maximum absolute atomic E-state index is 11.1. The molecule has 0 aliphatic heterocycles. The predicted octanol–water partition coefficient (Wildman–Crippen LogP) is 2.45. The van der Waals surface area contributed by atoms with Gasteiger partial charge in [0, 0.05) is 21.6 Å². The van der Waals surface area contributed by atoms with Crippen molar-refractivity contribution in [3.8, 4) is 0 Å². The molecule has 0 aliphatic rings. The quantitative estimate of drug-likeness (QED) is 0.892. The van der Waals surface area contributed by atoms with Gasteiger partial charge in [-0.1, -0.05) is 15.9 Å². The van der Waals surface area contributed by atoms with E-state index in [0.717, 1.165) is 15.4 Å². The molecule has 0 radical (unpaired) electrons. The van der Waals surface area contributed by atoms with Crippen LogP contribution in [0.15, 0.2) is 34.9 Å². The number of carbonyl (C=O) groups is 1. The molecule has 0 saturated heterocycles. The zero-order valence-corrected chi connectivity index (χ0v) is 9.86. The highest BCUT2D eigenvalue weighted by atomic mass is 79.9. The Balaban J connectivity index is 2.59. The molecule has 1 aromatic heterocycles. The van der Waals surface area contributed by atoms with Crippen LogP contribution in [0.5, 0.6) is 0 Å². The first kappa shape index (κ1) is 10.2. The minimum Gasteiger partial charge on any atom is -0.368 e. The topological polar surface area (TPSA) is 48.0 Å². The van der Waals surface area contributed by atoms with Gasteiger partial charge in [-0.3, -0.25) is 4.79 Å². The van der Waals surface area contributed by atoms with Gasteiger partial charge in [-0.25, -0.2) is 0 Å². The lowest BCUT2D eigenvalue weighted by atomic mass is 10.2. The number of aromatic nitrogens is 1. The highest BCUT2D eigenvalue weighted by Gasteiger charge is 2.12. The molecule has 4 heteroatoms. The molecule has 0 bridgehead atoms. The smallest absolute Gasteiger partial charge is 0.240 e. The first-order chi connectivity index (χ1) is 7.09. The van der Waals surface area contributed by atoms with Crippen LogP contribution in [-0.4, -0.2) is 10.5 Å². The van der Waals surface area contributed by atoms with Crippen LogP contribution >= 0.6 is 15.9 Å². The summed E-state index contributed by atoms with van der Waals surface area (Å²) < 4.78 is 2.91. The van der Waals surface area contributed by atoms with Crippen LogP contribution in [0, 0.1) is 0 Å². The average molecular weight is 267 g/mol. The lowest BCUT2D eigenvalue weighted by molar-refractivity contribution is -0.120. The molecule has 2 rings (SSSR count). The summed E-state index contributed by atoms with van der Waals surface area (Å²) in [6.07, 6.45) is 1.88. The van der Waals surface area contributed by atoms with Crippen LogP contribution in [0.25, 0.3) is 10.9 Å². The molecule has 1 unspecified atom stereocenters. The van der Waals surface area contributed by atoms with Gasteiger partial charge in [-0.05, 0) is 31.2 Å². The van der Waals surface area contributed by atoms with Gasteiger partial charge in [0.2, 0.25) is 5.91 Å². The van der Waals surface area contributed by atoms with Crippen LogP contribution in [0.1, 0.15) is 13.0 Å². The largest absolute Gasteiger partial charge is 0.368 e. The molecule has 0 aliphatic carbocycles. The van der Waals surface area contributed by atoms with E-state index in [1.54, 1.807) is 6.92 Å². The Morgan fingerprint density at radius 1 is 1.47 bits per heavy atom. The van der Waals surface area contributed by atoms with Crippen molar-refractivity contribution in [2.24, 2.45) is 5.73 Å². The Labute approximate surface area is 96.0 Å². The summed E-state index contributed by atoms with van der Waals surface area (Å²) in [4.78, 5) is 11.1. The summed E-state index contributed by atoms with van der Waals surface area (Å²) >= 11 is 3.41. The average Bonchev–Trinajstić information content (AvgIpc) is 2.59. The predicted molar refractivity (Wildman–Crippen MR) is 63.5 cm³/mol. The van der Waals surface area contributed by atoms with Crippen molar-refractivity contribution in [2.45, 2.75) is 13.0 Å². The Morgan fingerprint density at radius 3 is 2.87 bits per heavy atom. The molecule has 2 N–H and O–H groups in total. The number of fused-ring (bicyclic) bond motifs is 1. The van der Waals surface area contributed by atoms with Crippen molar-refractivity contribution in [3.05, 3.63) is 34.9 Å². The number of hydrogen-bond donors (Lipinski definition) is 1. The first-order valence-corrected chi connectivity index (χ1v) is 5.44. The third-order valence-corrected chi connectivity index (χ3v) is 3.00. The fraction of sp³-hybridized carbons (Fsp3) is 0.182. The lowest BCUT2D eigenvalue weighted by Crippen LogP contribution is -2.23. The summed E-state index contributed by atoms with van der Waals surface area (Å²) in [5.74, 6) is -0.324. The zero-order chi connectivity index (χ0) is 11.0. The highest BCUT2D eigenvalue weighted by Crippen LogP contribution is 2.23. The van der Waals surface area contributed by atoms with E-state index in [1.807, 2.05) is 35.0 Å². The van der Waals surface area contributed by atoms with E-state index >= 15 is 0 Å². The van der Waals surface area contributed by atoms with Crippen molar-refractivity contribution < 1.29 is 4.79 Å². The Bertz CT molecular complexity index is 518. The summed E-state index contributed by atoms with van der Waals surface area (Å²) in [7, 11) is 0. The molecule has 1 heterocycles. The molecule has 15 heavy (non-hydrogen) atoms. The maximum atomic E-state index is 11.1. The van der Waals surface area contributed by atoms with Crippen LogP contribution in [-0.2, 0) is 4.79 Å². The van der Waals surface area contributed by atoms with Gasteiger partial charge in [-0.15, -0.1) is 0 Å². The zero-order valence-electron chi connectivity index (χ0n) is 8.27. The van der Waals surface area contributed by atoms with E-state index in [2.05, 4.69) is 15.9 Å². The number of halogens is 1. The van der Waals surface area contributed by atoms with Crippen LogP contribution in [0.4, 0.5) is 0 Å². The Hall–Kier alpha value is -1.29. The lowest BCUT2D eigenvalue weighted by Gasteiger charge is -2.10. The number of rotatable bonds is 2. The molecule has 0 fully saturated rings. The molecule has 1 amide bonds. The molecule has 0 saturated carbocycles. The van der Waals surface area contributed by atoms with Crippen molar-refractivity contribution >= 4 is 32.7 Å². The fourth-order valence-electron chi connectivity index (χ4n) is 1.61. The number of benzene rings is 1. The van der Waals surface area contributed by atoms with Crippen molar-refractivity contribution in [1.82, 2.24) is 4.57 Å². The van der Waals surface area contributed by atoms with Gasteiger partial charge >= 0.3 is 0 Å². The van der Waals surface area contributed by atoms with E-state index in [9.17, 15) is 4.79 Å². The third kappa shape index (κ3) is 1.77. The van der Waals surface area contributed by atoms with Crippen LogP contribution < -0.4 is 5.73 Å². The second-order valence-corrected chi connectivity index (χ2v) is 4.42. The fourth-order valence-corrected chi connectivity index (χ4v) is 1.99. The molecule has 1 aromatic carbocycles. The van der Waals surface area contributed by atoms with Crippen molar-refractivity contribution in [1.29, 1.82) is 0 Å². The standard InChI is InChI=1S/C11H11BrN2O/c1-7(11(13)15)14-5-4-8-6-9(12)2-3-10(8)14/h2-7H,1H3,(H2,13,15). The Kier molecular flexibility index (Phi) is 2.52. The summed E-state index contributed by atoms with van der Waals surface area (Å²) in [6, 6.07) is 7.59. The summed E-state index contributed by atoms with van der Waals surface area (Å²) in [5.41, 5.74) is 6.30. The van der Waals surface area contributed by atoms with Crippen molar-refractivity contribution in [3.63, 3.8) is 0 Å². The second kappa shape index (κ2) is 3.70.